The second-order valence-corrected chi connectivity index (χ2v) is 4.19. The average molecular weight is 271 g/mol. The van der Waals surface area contributed by atoms with Crippen molar-refractivity contribution in [3.05, 3.63) is 45.7 Å². The fourth-order valence-electron chi connectivity index (χ4n) is 1.45. The first-order valence-corrected chi connectivity index (χ1v) is 5.47. The summed E-state index contributed by atoms with van der Waals surface area (Å²) in [6.07, 6.45) is 1.52. The lowest BCUT2D eigenvalue weighted by Crippen LogP contribution is -2.08. The van der Waals surface area contributed by atoms with Crippen molar-refractivity contribution in [2.45, 2.75) is 0 Å². The van der Waals surface area contributed by atoms with Gasteiger partial charge in [0.15, 0.2) is 0 Å². The van der Waals surface area contributed by atoms with Gasteiger partial charge in [0.2, 0.25) is 5.78 Å². The van der Waals surface area contributed by atoms with Crippen molar-refractivity contribution < 1.29 is 9.90 Å². The van der Waals surface area contributed by atoms with Gasteiger partial charge in [0.25, 0.3) is 0 Å². The molecule has 1 heterocycles. The standard InChI is InChI=1S/C11H8Cl2N2O2/c1-15-7(4-5-14-15)11(17)6-2-3-8(16)10(13)9(6)12/h2-5,16H,1H3. The Bertz CT molecular complexity index is 593. The average Bonchev–Trinajstić information content (AvgIpc) is 2.72. The number of halogens is 2. The van der Waals surface area contributed by atoms with Crippen molar-refractivity contribution in [3.8, 4) is 5.75 Å². The Kier molecular flexibility index (Phi) is 3.09. The molecule has 6 heteroatoms. The molecule has 2 rings (SSSR count). The van der Waals surface area contributed by atoms with Crippen molar-refractivity contribution in [1.29, 1.82) is 0 Å². The number of phenolic OH excluding ortho intramolecular Hbond substituents is 1. The Morgan fingerprint density at radius 3 is 2.59 bits per heavy atom. The molecule has 1 aromatic heterocycles. The minimum absolute atomic E-state index is 0.0281. The van der Waals surface area contributed by atoms with E-state index in [0.717, 1.165) is 0 Å². The number of hydrogen-bond donors (Lipinski definition) is 1. The minimum Gasteiger partial charge on any atom is -0.506 e. The van der Waals surface area contributed by atoms with Gasteiger partial charge in [-0.3, -0.25) is 9.48 Å². The third-order valence-corrected chi connectivity index (χ3v) is 3.23. The second-order valence-electron chi connectivity index (χ2n) is 3.43. The third-order valence-electron chi connectivity index (χ3n) is 2.36. The van der Waals surface area contributed by atoms with E-state index < -0.39 is 0 Å². The van der Waals surface area contributed by atoms with E-state index in [0.29, 0.717) is 5.69 Å². The van der Waals surface area contributed by atoms with Crippen molar-refractivity contribution in [2.24, 2.45) is 7.05 Å². The van der Waals surface area contributed by atoms with Crippen molar-refractivity contribution in [2.75, 3.05) is 0 Å². The normalized spacial score (nSPS) is 10.5. The van der Waals surface area contributed by atoms with Gasteiger partial charge in [0.1, 0.15) is 16.5 Å². The lowest BCUT2D eigenvalue weighted by Gasteiger charge is -2.06. The van der Waals surface area contributed by atoms with Gasteiger partial charge in [-0.1, -0.05) is 23.2 Å². The SMILES string of the molecule is Cn1nccc1C(=O)c1ccc(O)c(Cl)c1Cl. The number of nitrogens with zero attached hydrogens (tertiary/aromatic N) is 2. The molecule has 0 amide bonds. The summed E-state index contributed by atoms with van der Waals surface area (Å²) >= 11 is 11.7. The summed E-state index contributed by atoms with van der Waals surface area (Å²) in [6, 6.07) is 4.34. The summed E-state index contributed by atoms with van der Waals surface area (Å²) in [5.74, 6) is -0.449. The highest BCUT2D eigenvalue weighted by atomic mass is 35.5. The number of rotatable bonds is 2. The molecule has 88 valence electrons. The summed E-state index contributed by atoms with van der Waals surface area (Å²) in [4.78, 5) is 12.1. The maximum Gasteiger partial charge on any atom is 0.212 e. The molecule has 0 atom stereocenters. The smallest absolute Gasteiger partial charge is 0.212 e. The van der Waals surface area contributed by atoms with Gasteiger partial charge >= 0.3 is 0 Å². The van der Waals surface area contributed by atoms with Gasteiger partial charge in [0, 0.05) is 18.8 Å². The second kappa shape index (κ2) is 4.39. The molecule has 0 bridgehead atoms. The molecule has 0 saturated heterocycles. The molecule has 2 aromatic rings. The van der Waals surface area contributed by atoms with Crippen LogP contribution in [0.4, 0.5) is 0 Å². The van der Waals surface area contributed by atoms with Gasteiger partial charge in [-0.15, -0.1) is 0 Å². The van der Waals surface area contributed by atoms with Gasteiger partial charge < -0.3 is 5.11 Å². The van der Waals surface area contributed by atoms with Crippen LogP contribution in [0.5, 0.6) is 5.75 Å². The number of phenols is 1. The number of benzene rings is 1. The fourth-order valence-corrected chi connectivity index (χ4v) is 1.86. The summed E-state index contributed by atoms with van der Waals surface area (Å²) in [5.41, 5.74) is 0.631. The molecule has 0 aliphatic carbocycles. The van der Waals surface area contributed by atoms with Crippen molar-refractivity contribution in [1.82, 2.24) is 9.78 Å². The molecule has 0 fully saturated rings. The summed E-state index contributed by atoms with van der Waals surface area (Å²) in [7, 11) is 1.66. The summed E-state index contributed by atoms with van der Waals surface area (Å²) in [6.45, 7) is 0. The van der Waals surface area contributed by atoms with Crippen LogP contribution in [0.1, 0.15) is 16.1 Å². The van der Waals surface area contributed by atoms with E-state index in [4.69, 9.17) is 23.2 Å². The Morgan fingerprint density at radius 2 is 2.00 bits per heavy atom. The van der Waals surface area contributed by atoms with Crippen molar-refractivity contribution in [3.63, 3.8) is 0 Å². The Labute approximate surface area is 107 Å². The fraction of sp³-hybridized carbons (Fsp3) is 0.0909. The Morgan fingerprint density at radius 1 is 1.29 bits per heavy atom. The number of carbonyl (C=O) groups is 1. The molecular weight excluding hydrogens is 263 g/mol. The van der Waals surface area contributed by atoms with E-state index in [1.165, 1.54) is 23.0 Å². The van der Waals surface area contributed by atoms with Gasteiger partial charge in [-0.25, -0.2) is 0 Å². The van der Waals surface area contributed by atoms with E-state index in [-0.39, 0.29) is 27.1 Å². The van der Waals surface area contributed by atoms with Crippen molar-refractivity contribution >= 4 is 29.0 Å². The topological polar surface area (TPSA) is 55.1 Å². The first kappa shape index (κ1) is 12.0. The van der Waals surface area contributed by atoms with Crippen LogP contribution in [0, 0.1) is 0 Å². The molecule has 0 saturated carbocycles. The van der Waals surface area contributed by atoms with Crippen LogP contribution < -0.4 is 0 Å². The van der Waals surface area contributed by atoms with Gasteiger partial charge in [0.05, 0.1) is 5.02 Å². The highest BCUT2D eigenvalue weighted by molar-refractivity contribution is 6.45. The van der Waals surface area contributed by atoms with Crippen LogP contribution in [0.2, 0.25) is 10.0 Å². The van der Waals surface area contributed by atoms with Crippen LogP contribution in [-0.4, -0.2) is 20.7 Å². The van der Waals surface area contributed by atoms with E-state index in [1.807, 2.05) is 0 Å². The monoisotopic (exact) mass is 270 g/mol. The molecule has 4 nitrogen and oxygen atoms in total. The lowest BCUT2D eigenvalue weighted by molar-refractivity contribution is 0.103. The maximum atomic E-state index is 12.1. The molecule has 0 radical (unpaired) electrons. The lowest BCUT2D eigenvalue weighted by atomic mass is 10.1. The third kappa shape index (κ3) is 2.01. The molecule has 1 N–H and O–H groups in total. The Balaban J connectivity index is 2.53. The molecule has 17 heavy (non-hydrogen) atoms. The zero-order valence-electron chi connectivity index (χ0n) is 8.82. The number of aromatic nitrogens is 2. The number of aryl methyl sites for hydroxylation is 1. The number of carbonyl (C=O) groups excluding carboxylic acids is 1. The number of aromatic hydroxyl groups is 1. The van der Waals surface area contributed by atoms with Crippen LogP contribution >= 0.6 is 23.2 Å². The molecule has 0 unspecified atom stereocenters. The highest BCUT2D eigenvalue weighted by Gasteiger charge is 2.19. The number of ketones is 1. The molecule has 0 aliphatic rings. The first-order valence-electron chi connectivity index (χ1n) is 4.72. The summed E-state index contributed by atoms with van der Waals surface area (Å²) in [5, 5.41) is 13.3. The predicted molar refractivity (Wildman–Crippen MR) is 64.8 cm³/mol. The van der Waals surface area contributed by atoms with Crippen LogP contribution in [-0.2, 0) is 7.05 Å². The minimum atomic E-state index is -0.295. The van der Waals surface area contributed by atoms with E-state index in [2.05, 4.69) is 5.10 Å². The van der Waals surface area contributed by atoms with E-state index in [9.17, 15) is 9.90 Å². The van der Waals surface area contributed by atoms with E-state index in [1.54, 1.807) is 13.1 Å². The van der Waals surface area contributed by atoms with Crippen LogP contribution in [0.15, 0.2) is 24.4 Å². The van der Waals surface area contributed by atoms with Crippen LogP contribution in [0.25, 0.3) is 0 Å². The molecule has 0 spiro atoms. The molecule has 0 aliphatic heterocycles. The van der Waals surface area contributed by atoms with Gasteiger partial charge in [-0.2, -0.15) is 5.10 Å². The summed E-state index contributed by atoms with van der Waals surface area (Å²) < 4.78 is 1.44. The first-order chi connectivity index (χ1) is 8.02. The largest absolute Gasteiger partial charge is 0.506 e. The number of hydrogen-bond acceptors (Lipinski definition) is 3. The van der Waals surface area contributed by atoms with Crippen LogP contribution in [0.3, 0.4) is 0 Å². The van der Waals surface area contributed by atoms with E-state index >= 15 is 0 Å². The molecular formula is C11H8Cl2N2O2. The molecule has 1 aromatic carbocycles. The zero-order chi connectivity index (χ0) is 12.6. The predicted octanol–water partition coefficient (Wildman–Crippen LogP) is 2.66. The maximum absolute atomic E-state index is 12.1. The van der Waals surface area contributed by atoms with Gasteiger partial charge in [-0.05, 0) is 18.2 Å². The zero-order valence-corrected chi connectivity index (χ0v) is 10.3. The highest BCUT2D eigenvalue weighted by Crippen LogP contribution is 2.34. The quantitative estimate of drug-likeness (QED) is 0.854. The Hall–Kier alpha value is -1.52.